The lowest BCUT2D eigenvalue weighted by atomic mass is 9.82. The van der Waals surface area contributed by atoms with Crippen molar-refractivity contribution >= 4 is 0 Å². The van der Waals surface area contributed by atoms with Crippen LogP contribution in [0.4, 0.5) is 0 Å². The highest BCUT2D eigenvalue weighted by atomic mass is 16.3. The Morgan fingerprint density at radius 2 is 2.20 bits per heavy atom. The largest absolute Gasteiger partial charge is 0.395 e. The second-order valence-electron chi connectivity index (χ2n) is 2.85. The maximum Gasteiger partial charge on any atom is 0.0834 e. The minimum absolute atomic E-state index is 0.0188. The van der Waals surface area contributed by atoms with Crippen LogP contribution in [0.5, 0.6) is 0 Å². The van der Waals surface area contributed by atoms with Crippen molar-refractivity contribution < 1.29 is 10.2 Å². The van der Waals surface area contributed by atoms with E-state index in [0.29, 0.717) is 0 Å². The lowest BCUT2D eigenvalue weighted by Crippen LogP contribution is -2.33. The van der Waals surface area contributed by atoms with Crippen LogP contribution in [0.1, 0.15) is 6.92 Å². The van der Waals surface area contributed by atoms with E-state index >= 15 is 0 Å². The summed E-state index contributed by atoms with van der Waals surface area (Å²) in [7, 11) is 0. The van der Waals surface area contributed by atoms with Crippen LogP contribution in [-0.4, -0.2) is 22.9 Å². The maximum atomic E-state index is 9.33. The van der Waals surface area contributed by atoms with Gasteiger partial charge in [0.25, 0.3) is 0 Å². The predicted octanol–water partition coefficient (Wildman–Crippen LogP) is 0.472. The van der Waals surface area contributed by atoms with Crippen molar-refractivity contribution in [2.45, 2.75) is 13.0 Å². The minimum Gasteiger partial charge on any atom is -0.395 e. The van der Waals surface area contributed by atoms with Crippen LogP contribution >= 0.6 is 0 Å². The summed E-state index contributed by atoms with van der Waals surface area (Å²) >= 11 is 0. The van der Waals surface area contributed by atoms with Gasteiger partial charge in [0.15, 0.2) is 0 Å². The smallest absolute Gasteiger partial charge is 0.0834 e. The maximum absolute atomic E-state index is 9.33. The molecule has 2 unspecified atom stereocenters. The lowest BCUT2D eigenvalue weighted by molar-refractivity contribution is 0.0580. The molecule has 0 heterocycles. The third-order valence-electron chi connectivity index (χ3n) is 1.90. The van der Waals surface area contributed by atoms with Crippen molar-refractivity contribution in [2.24, 2.45) is 5.41 Å². The molecule has 0 amide bonds. The van der Waals surface area contributed by atoms with Crippen molar-refractivity contribution in [1.82, 2.24) is 0 Å². The molecule has 1 aliphatic rings. The van der Waals surface area contributed by atoms with Gasteiger partial charge in [0.1, 0.15) is 0 Å². The topological polar surface area (TPSA) is 40.5 Å². The summed E-state index contributed by atoms with van der Waals surface area (Å²) in [4.78, 5) is 0. The van der Waals surface area contributed by atoms with Crippen molar-refractivity contribution in [3.63, 3.8) is 0 Å². The molecule has 0 fully saturated rings. The number of hydrogen-bond acceptors (Lipinski definition) is 2. The number of allylic oxidation sites excluding steroid dienone is 2. The first-order valence-electron chi connectivity index (χ1n) is 3.34. The monoisotopic (exact) mass is 140 g/mol. The van der Waals surface area contributed by atoms with Crippen LogP contribution in [0.3, 0.4) is 0 Å². The molecule has 0 aromatic rings. The van der Waals surface area contributed by atoms with Gasteiger partial charge in [-0.1, -0.05) is 31.2 Å². The van der Waals surface area contributed by atoms with Gasteiger partial charge in [0.05, 0.1) is 12.7 Å². The van der Waals surface area contributed by atoms with E-state index in [9.17, 15) is 5.11 Å². The van der Waals surface area contributed by atoms with Crippen LogP contribution in [0.15, 0.2) is 24.3 Å². The van der Waals surface area contributed by atoms with Crippen molar-refractivity contribution in [3.8, 4) is 0 Å². The molecule has 0 saturated heterocycles. The lowest BCUT2D eigenvalue weighted by Gasteiger charge is -2.28. The fraction of sp³-hybridized carbons (Fsp3) is 0.500. The number of aliphatic hydroxyl groups is 2. The Kier molecular flexibility index (Phi) is 1.92. The molecule has 0 saturated carbocycles. The highest BCUT2D eigenvalue weighted by molar-refractivity contribution is 5.19. The average molecular weight is 140 g/mol. The Morgan fingerprint density at radius 3 is 2.60 bits per heavy atom. The fourth-order valence-corrected chi connectivity index (χ4v) is 0.909. The molecule has 1 aliphatic carbocycles. The highest BCUT2D eigenvalue weighted by Crippen LogP contribution is 2.26. The zero-order chi connectivity index (χ0) is 7.61. The zero-order valence-electron chi connectivity index (χ0n) is 5.99. The van der Waals surface area contributed by atoms with E-state index in [1.807, 2.05) is 19.1 Å². The molecule has 0 aliphatic heterocycles. The van der Waals surface area contributed by atoms with Crippen LogP contribution in [0.25, 0.3) is 0 Å². The quantitative estimate of drug-likeness (QED) is 0.556. The van der Waals surface area contributed by atoms with E-state index < -0.39 is 11.5 Å². The van der Waals surface area contributed by atoms with Gasteiger partial charge in [0, 0.05) is 5.41 Å². The molecule has 2 nitrogen and oxygen atoms in total. The van der Waals surface area contributed by atoms with Gasteiger partial charge in [-0.3, -0.25) is 0 Å². The molecule has 2 heteroatoms. The summed E-state index contributed by atoms with van der Waals surface area (Å²) < 4.78 is 0. The van der Waals surface area contributed by atoms with Gasteiger partial charge in [-0.15, -0.1) is 0 Å². The second-order valence-corrected chi connectivity index (χ2v) is 2.85. The SMILES string of the molecule is CC1(CO)C=CC=CC1O. The van der Waals surface area contributed by atoms with E-state index in [0.717, 1.165) is 0 Å². The van der Waals surface area contributed by atoms with Crippen molar-refractivity contribution in [1.29, 1.82) is 0 Å². The van der Waals surface area contributed by atoms with Crippen LogP contribution in [-0.2, 0) is 0 Å². The Hall–Kier alpha value is -0.600. The molecule has 0 bridgehead atoms. The standard InChI is InChI=1S/C8H12O2/c1-8(6-9)5-3-2-4-7(8)10/h2-5,7,9-10H,6H2,1H3. The third kappa shape index (κ3) is 1.13. The molecular formula is C8H12O2. The summed E-state index contributed by atoms with van der Waals surface area (Å²) in [5.74, 6) is 0. The predicted molar refractivity (Wildman–Crippen MR) is 39.5 cm³/mol. The van der Waals surface area contributed by atoms with Crippen LogP contribution in [0, 0.1) is 5.41 Å². The van der Waals surface area contributed by atoms with E-state index in [1.165, 1.54) is 0 Å². The Labute approximate surface area is 60.5 Å². The zero-order valence-corrected chi connectivity index (χ0v) is 5.99. The van der Waals surface area contributed by atoms with Gasteiger partial charge in [-0.25, -0.2) is 0 Å². The highest BCUT2D eigenvalue weighted by Gasteiger charge is 2.28. The molecule has 2 N–H and O–H groups in total. The molecule has 1 rings (SSSR count). The van der Waals surface area contributed by atoms with Crippen molar-refractivity contribution in [3.05, 3.63) is 24.3 Å². The van der Waals surface area contributed by atoms with Crippen LogP contribution in [0.2, 0.25) is 0 Å². The van der Waals surface area contributed by atoms with Gasteiger partial charge >= 0.3 is 0 Å². The molecule has 10 heavy (non-hydrogen) atoms. The Morgan fingerprint density at radius 1 is 1.50 bits per heavy atom. The summed E-state index contributed by atoms with van der Waals surface area (Å²) in [6.45, 7) is 1.80. The second kappa shape index (κ2) is 2.56. The number of rotatable bonds is 1. The fourth-order valence-electron chi connectivity index (χ4n) is 0.909. The molecular weight excluding hydrogens is 128 g/mol. The number of hydrogen-bond donors (Lipinski definition) is 2. The molecule has 2 atom stereocenters. The van der Waals surface area contributed by atoms with Gasteiger partial charge < -0.3 is 10.2 Å². The van der Waals surface area contributed by atoms with E-state index in [4.69, 9.17) is 5.11 Å². The average Bonchev–Trinajstić information content (AvgIpc) is 1.96. The van der Waals surface area contributed by atoms with Gasteiger partial charge in [-0.2, -0.15) is 0 Å². The first kappa shape index (κ1) is 7.51. The molecule has 56 valence electrons. The summed E-state index contributed by atoms with van der Waals surface area (Å²) in [5.41, 5.74) is -0.477. The van der Waals surface area contributed by atoms with Crippen molar-refractivity contribution in [2.75, 3.05) is 6.61 Å². The normalized spacial score (nSPS) is 38.5. The van der Waals surface area contributed by atoms with E-state index in [2.05, 4.69) is 0 Å². The molecule has 0 radical (unpaired) electrons. The van der Waals surface area contributed by atoms with E-state index in [1.54, 1.807) is 12.2 Å². The summed E-state index contributed by atoms with van der Waals surface area (Å²) in [6.07, 6.45) is 6.56. The molecule has 0 aromatic heterocycles. The van der Waals surface area contributed by atoms with Gasteiger partial charge in [-0.05, 0) is 0 Å². The number of aliphatic hydroxyl groups excluding tert-OH is 2. The molecule has 0 spiro atoms. The van der Waals surface area contributed by atoms with Gasteiger partial charge in [0.2, 0.25) is 0 Å². The first-order valence-corrected chi connectivity index (χ1v) is 3.34. The summed E-state index contributed by atoms with van der Waals surface area (Å²) in [5, 5.41) is 18.2. The summed E-state index contributed by atoms with van der Waals surface area (Å²) in [6, 6.07) is 0. The first-order chi connectivity index (χ1) is 4.69. The Bertz CT molecular complexity index is 172. The Balaban J connectivity index is 2.77. The van der Waals surface area contributed by atoms with E-state index in [-0.39, 0.29) is 6.61 Å². The van der Waals surface area contributed by atoms with Crippen LogP contribution < -0.4 is 0 Å². The minimum atomic E-state index is -0.553. The third-order valence-corrected chi connectivity index (χ3v) is 1.90. The molecule has 0 aromatic carbocycles.